The SMILES string of the molecule is Cc1cc(C(N)Cc2c(Cl)cccc2Cl)ccc1Br. The van der Waals surface area contributed by atoms with Crippen molar-refractivity contribution in [3.63, 3.8) is 0 Å². The van der Waals surface area contributed by atoms with E-state index >= 15 is 0 Å². The Labute approximate surface area is 131 Å². The molecule has 100 valence electrons. The van der Waals surface area contributed by atoms with Crippen LogP contribution in [0.1, 0.15) is 22.7 Å². The van der Waals surface area contributed by atoms with Crippen LogP contribution in [0.5, 0.6) is 0 Å². The summed E-state index contributed by atoms with van der Waals surface area (Å²) in [5, 5.41) is 1.33. The molecule has 0 aliphatic carbocycles. The lowest BCUT2D eigenvalue weighted by Gasteiger charge is -2.15. The summed E-state index contributed by atoms with van der Waals surface area (Å²) < 4.78 is 1.08. The van der Waals surface area contributed by atoms with E-state index in [0.29, 0.717) is 16.5 Å². The number of nitrogens with two attached hydrogens (primary N) is 1. The molecule has 2 N–H and O–H groups in total. The standard InChI is InChI=1S/C15H14BrCl2N/c1-9-7-10(5-6-12(9)16)15(19)8-11-13(17)3-2-4-14(11)18/h2-7,15H,8,19H2,1H3. The molecule has 0 fully saturated rings. The maximum Gasteiger partial charge on any atom is 0.0453 e. The van der Waals surface area contributed by atoms with Gasteiger partial charge in [-0.1, -0.05) is 57.3 Å². The van der Waals surface area contributed by atoms with Crippen molar-refractivity contribution in [3.8, 4) is 0 Å². The first-order valence-electron chi connectivity index (χ1n) is 5.93. The van der Waals surface area contributed by atoms with Gasteiger partial charge in [0.15, 0.2) is 0 Å². The highest BCUT2D eigenvalue weighted by molar-refractivity contribution is 9.10. The molecule has 2 aromatic carbocycles. The van der Waals surface area contributed by atoms with Crippen molar-refractivity contribution in [2.24, 2.45) is 5.73 Å². The van der Waals surface area contributed by atoms with Crippen molar-refractivity contribution in [1.82, 2.24) is 0 Å². The number of rotatable bonds is 3. The van der Waals surface area contributed by atoms with Gasteiger partial charge in [0.05, 0.1) is 0 Å². The number of aryl methyl sites for hydroxylation is 1. The van der Waals surface area contributed by atoms with E-state index in [1.165, 1.54) is 5.56 Å². The van der Waals surface area contributed by atoms with E-state index in [2.05, 4.69) is 22.0 Å². The molecule has 2 aromatic rings. The molecule has 0 spiro atoms. The molecule has 0 aromatic heterocycles. The molecule has 0 heterocycles. The highest BCUT2D eigenvalue weighted by Gasteiger charge is 2.13. The minimum absolute atomic E-state index is 0.121. The van der Waals surface area contributed by atoms with Gasteiger partial charge < -0.3 is 5.73 Å². The van der Waals surface area contributed by atoms with E-state index < -0.39 is 0 Å². The fraction of sp³-hybridized carbons (Fsp3) is 0.200. The minimum Gasteiger partial charge on any atom is -0.324 e. The Morgan fingerprint density at radius 1 is 1.16 bits per heavy atom. The van der Waals surface area contributed by atoms with E-state index in [1.807, 2.05) is 37.3 Å². The molecule has 0 amide bonds. The third-order valence-electron chi connectivity index (χ3n) is 3.10. The van der Waals surface area contributed by atoms with E-state index in [1.54, 1.807) is 0 Å². The Kier molecular flexibility index (Phi) is 4.91. The predicted octanol–water partition coefficient (Wildman–Crippen LogP) is 5.31. The van der Waals surface area contributed by atoms with Gasteiger partial charge in [-0.25, -0.2) is 0 Å². The van der Waals surface area contributed by atoms with Crippen molar-refractivity contribution in [2.75, 3.05) is 0 Å². The Morgan fingerprint density at radius 3 is 2.37 bits per heavy atom. The van der Waals surface area contributed by atoms with Gasteiger partial charge in [0.2, 0.25) is 0 Å². The van der Waals surface area contributed by atoms with Crippen LogP contribution in [-0.2, 0) is 6.42 Å². The third-order valence-corrected chi connectivity index (χ3v) is 4.69. The highest BCUT2D eigenvalue weighted by atomic mass is 79.9. The van der Waals surface area contributed by atoms with Gasteiger partial charge >= 0.3 is 0 Å². The van der Waals surface area contributed by atoms with Crippen molar-refractivity contribution in [2.45, 2.75) is 19.4 Å². The lowest BCUT2D eigenvalue weighted by molar-refractivity contribution is 0.721. The molecule has 0 radical (unpaired) electrons. The van der Waals surface area contributed by atoms with Gasteiger partial charge in [0.1, 0.15) is 0 Å². The van der Waals surface area contributed by atoms with Gasteiger partial charge in [-0.2, -0.15) is 0 Å². The van der Waals surface area contributed by atoms with Gasteiger partial charge in [-0.05, 0) is 48.2 Å². The lowest BCUT2D eigenvalue weighted by Crippen LogP contribution is -2.14. The van der Waals surface area contributed by atoms with E-state index in [4.69, 9.17) is 28.9 Å². The Bertz CT molecular complexity index is 578. The summed E-state index contributed by atoms with van der Waals surface area (Å²) in [6, 6.07) is 11.5. The second kappa shape index (κ2) is 6.27. The van der Waals surface area contributed by atoms with Crippen LogP contribution in [0.25, 0.3) is 0 Å². The molecule has 19 heavy (non-hydrogen) atoms. The number of halogens is 3. The molecule has 0 bridgehead atoms. The Hall–Kier alpha value is -0.540. The molecule has 1 atom stereocenters. The quantitative estimate of drug-likeness (QED) is 0.790. The molecular weight excluding hydrogens is 345 g/mol. The van der Waals surface area contributed by atoms with Gasteiger partial charge in [0, 0.05) is 20.6 Å². The maximum absolute atomic E-state index is 6.25. The number of benzene rings is 2. The average molecular weight is 359 g/mol. The monoisotopic (exact) mass is 357 g/mol. The zero-order valence-electron chi connectivity index (χ0n) is 10.5. The topological polar surface area (TPSA) is 26.0 Å². The van der Waals surface area contributed by atoms with Crippen molar-refractivity contribution in [3.05, 3.63) is 67.6 Å². The molecule has 0 aliphatic heterocycles. The molecule has 0 saturated heterocycles. The van der Waals surface area contributed by atoms with Crippen LogP contribution in [0.4, 0.5) is 0 Å². The van der Waals surface area contributed by atoms with Crippen LogP contribution in [0.2, 0.25) is 10.0 Å². The second-order valence-electron chi connectivity index (χ2n) is 4.52. The first kappa shape index (κ1) is 14.9. The predicted molar refractivity (Wildman–Crippen MR) is 86.0 cm³/mol. The second-order valence-corrected chi connectivity index (χ2v) is 6.19. The summed E-state index contributed by atoms with van der Waals surface area (Å²) in [5.74, 6) is 0. The summed E-state index contributed by atoms with van der Waals surface area (Å²) in [6.45, 7) is 2.04. The molecule has 0 aliphatic rings. The van der Waals surface area contributed by atoms with Crippen molar-refractivity contribution >= 4 is 39.1 Å². The largest absolute Gasteiger partial charge is 0.324 e. The summed E-state index contributed by atoms with van der Waals surface area (Å²) >= 11 is 15.8. The van der Waals surface area contributed by atoms with Crippen LogP contribution in [-0.4, -0.2) is 0 Å². The first-order chi connectivity index (χ1) is 8.99. The number of hydrogen-bond acceptors (Lipinski definition) is 1. The molecule has 4 heteroatoms. The molecule has 0 saturated carbocycles. The van der Waals surface area contributed by atoms with Crippen LogP contribution >= 0.6 is 39.1 Å². The zero-order chi connectivity index (χ0) is 14.0. The van der Waals surface area contributed by atoms with E-state index in [0.717, 1.165) is 15.6 Å². The molecule has 1 unspecified atom stereocenters. The minimum atomic E-state index is -0.121. The maximum atomic E-state index is 6.25. The summed E-state index contributed by atoms with van der Waals surface area (Å²) in [7, 11) is 0. The van der Waals surface area contributed by atoms with Crippen molar-refractivity contribution < 1.29 is 0 Å². The summed E-state index contributed by atoms with van der Waals surface area (Å²) in [4.78, 5) is 0. The molecular formula is C15H14BrCl2N. The van der Waals surface area contributed by atoms with Crippen LogP contribution in [0, 0.1) is 6.92 Å². The highest BCUT2D eigenvalue weighted by Crippen LogP contribution is 2.29. The van der Waals surface area contributed by atoms with E-state index in [-0.39, 0.29) is 6.04 Å². The van der Waals surface area contributed by atoms with Gasteiger partial charge in [-0.3, -0.25) is 0 Å². The average Bonchev–Trinajstić information content (AvgIpc) is 2.37. The summed E-state index contributed by atoms with van der Waals surface area (Å²) in [6.07, 6.45) is 0.625. The molecule has 1 nitrogen and oxygen atoms in total. The van der Waals surface area contributed by atoms with E-state index in [9.17, 15) is 0 Å². The normalized spacial score (nSPS) is 12.5. The fourth-order valence-corrected chi connectivity index (χ4v) is 2.76. The first-order valence-corrected chi connectivity index (χ1v) is 7.48. The summed E-state index contributed by atoms with van der Waals surface area (Å²) in [5.41, 5.74) is 9.40. The van der Waals surface area contributed by atoms with Crippen LogP contribution < -0.4 is 5.73 Å². The van der Waals surface area contributed by atoms with Crippen LogP contribution in [0.3, 0.4) is 0 Å². The lowest BCUT2D eigenvalue weighted by atomic mass is 9.98. The van der Waals surface area contributed by atoms with Crippen molar-refractivity contribution in [1.29, 1.82) is 0 Å². The third kappa shape index (κ3) is 3.51. The number of hydrogen-bond donors (Lipinski definition) is 1. The Balaban J connectivity index is 2.25. The van der Waals surface area contributed by atoms with Gasteiger partial charge in [0.25, 0.3) is 0 Å². The zero-order valence-corrected chi connectivity index (χ0v) is 13.6. The Morgan fingerprint density at radius 2 is 1.79 bits per heavy atom. The molecule has 2 rings (SSSR count). The smallest absolute Gasteiger partial charge is 0.0453 e. The van der Waals surface area contributed by atoms with Crippen LogP contribution in [0.15, 0.2) is 40.9 Å². The van der Waals surface area contributed by atoms with Gasteiger partial charge in [-0.15, -0.1) is 0 Å². The fourth-order valence-electron chi connectivity index (χ4n) is 1.96.